The first-order valence-corrected chi connectivity index (χ1v) is 8.90. The van der Waals surface area contributed by atoms with Crippen molar-refractivity contribution in [3.63, 3.8) is 0 Å². The van der Waals surface area contributed by atoms with Gasteiger partial charge in [0.2, 0.25) is 11.8 Å². The van der Waals surface area contributed by atoms with Gasteiger partial charge in [-0.1, -0.05) is 24.6 Å². The highest BCUT2D eigenvalue weighted by molar-refractivity contribution is 5.79. The van der Waals surface area contributed by atoms with Gasteiger partial charge in [0, 0.05) is 39.4 Å². The molecule has 0 N–H and O–H groups in total. The molecule has 1 atom stereocenters. The van der Waals surface area contributed by atoms with Crippen molar-refractivity contribution in [2.75, 3.05) is 26.7 Å². The maximum atomic E-state index is 12.4. The van der Waals surface area contributed by atoms with Crippen LogP contribution in [-0.4, -0.2) is 54.4 Å². The highest BCUT2D eigenvalue weighted by Crippen LogP contribution is 2.28. The van der Waals surface area contributed by atoms with Gasteiger partial charge in [0.15, 0.2) is 0 Å². The standard InChI is InChI=1S/C19H26N2O3/c1-20(14-16-13-15-7-4-5-8-17(15)24-16)18(22)10-12-21-11-6-2-3-9-19(21)23/h4-5,7-8,16H,2-3,6,9-14H2,1H3. The Balaban J connectivity index is 1.44. The van der Waals surface area contributed by atoms with Crippen molar-refractivity contribution in [2.24, 2.45) is 0 Å². The van der Waals surface area contributed by atoms with Gasteiger partial charge in [-0.15, -0.1) is 0 Å². The lowest BCUT2D eigenvalue weighted by Gasteiger charge is -2.24. The predicted octanol–water partition coefficient (Wildman–Crippen LogP) is 2.24. The molecule has 0 aliphatic carbocycles. The van der Waals surface area contributed by atoms with E-state index >= 15 is 0 Å². The molecule has 0 aromatic heterocycles. The van der Waals surface area contributed by atoms with Crippen LogP contribution in [-0.2, 0) is 16.0 Å². The Bertz CT molecular complexity index is 577. The van der Waals surface area contributed by atoms with Crippen molar-refractivity contribution in [1.82, 2.24) is 9.80 Å². The van der Waals surface area contributed by atoms with Gasteiger partial charge in [-0.05, 0) is 24.5 Å². The van der Waals surface area contributed by atoms with Crippen molar-refractivity contribution in [3.05, 3.63) is 29.8 Å². The lowest BCUT2D eigenvalue weighted by molar-refractivity contribution is -0.134. The van der Waals surface area contributed by atoms with E-state index in [0.717, 1.165) is 38.0 Å². The molecule has 2 aliphatic rings. The summed E-state index contributed by atoms with van der Waals surface area (Å²) >= 11 is 0. The van der Waals surface area contributed by atoms with E-state index < -0.39 is 0 Å². The fourth-order valence-electron chi connectivity index (χ4n) is 3.46. The molecule has 1 fully saturated rings. The number of carbonyl (C=O) groups is 2. The average Bonchev–Trinajstić information content (AvgIpc) is 2.87. The number of carbonyl (C=O) groups excluding carboxylic acids is 2. The lowest BCUT2D eigenvalue weighted by atomic mass is 10.1. The molecule has 2 heterocycles. The fraction of sp³-hybridized carbons (Fsp3) is 0.579. The molecule has 2 amide bonds. The Morgan fingerprint density at radius 2 is 2.12 bits per heavy atom. The number of hydrogen-bond donors (Lipinski definition) is 0. The molecule has 0 radical (unpaired) electrons. The van der Waals surface area contributed by atoms with E-state index in [0.29, 0.717) is 25.9 Å². The summed E-state index contributed by atoms with van der Waals surface area (Å²) in [5.41, 5.74) is 1.21. The second-order valence-corrected chi connectivity index (χ2v) is 6.77. The first kappa shape index (κ1) is 16.8. The van der Waals surface area contributed by atoms with Crippen LogP contribution < -0.4 is 4.74 Å². The van der Waals surface area contributed by atoms with Crippen molar-refractivity contribution in [3.8, 4) is 5.75 Å². The molecule has 0 saturated carbocycles. The van der Waals surface area contributed by atoms with E-state index in [4.69, 9.17) is 4.74 Å². The number of benzene rings is 1. The molecule has 0 bridgehead atoms. The number of para-hydroxylation sites is 1. The van der Waals surface area contributed by atoms with E-state index in [1.54, 1.807) is 4.90 Å². The number of amides is 2. The van der Waals surface area contributed by atoms with Crippen LogP contribution in [0.5, 0.6) is 5.75 Å². The second-order valence-electron chi connectivity index (χ2n) is 6.77. The van der Waals surface area contributed by atoms with E-state index in [9.17, 15) is 9.59 Å². The summed E-state index contributed by atoms with van der Waals surface area (Å²) in [6.07, 6.45) is 5.01. The molecule has 3 rings (SSSR count). The SMILES string of the molecule is CN(CC1Cc2ccccc2O1)C(=O)CCN1CCCCCC1=O. The maximum Gasteiger partial charge on any atom is 0.224 e. The minimum absolute atomic E-state index is 0.0242. The fourth-order valence-corrected chi connectivity index (χ4v) is 3.46. The summed E-state index contributed by atoms with van der Waals surface area (Å²) in [5, 5.41) is 0. The first-order chi connectivity index (χ1) is 11.6. The molecule has 24 heavy (non-hydrogen) atoms. The third-order valence-corrected chi connectivity index (χ3v) is 4.88. The summed E-state index contributed by atoms with van der Waals surface area (Å²) in [6, 6.07) is 8.02. The summed E-state index contributed by atoms with van der Waals surface area (Å²) < 4.78 is 5.90. The highest BCUT2D eigenvalue weighted by Gasteiger charge is 2.25. The van der Waals surface area contributed by atoms with E-state index in [2.05, 4.69) is 6.07 Å². The average molecular weight is 330 g/mol. The van der Waals surface area contributed by atoms with Crippen molar-refractivity contribution in [2.45, 2.75) is 44.6 Å². The van der Waals surface area contributed by atoms with Gasteiger partial charge in [0.1, 0.15) is 11.9 Å². The van der Waals surface area contributed by atoms with Crippen LogP contribution in [0.15, 0.2) is 24.3 Å². The Labute approximate surface area is 143 Å². The van der Waals surface area contributed by atoms with Crippen molar-refractivity contribution >= 4 is 11.8 Å². The first-order valence-electron chi connectivity index (χ1n) is 8.90. The van der Waals surface area contributed by atoms with E-state index in [1.807, 2.05) is 30.1 Å². The molecule has 5 nitrogen and oxygen atoms in total. The number of rotatable bonds is 5. The second kappa shape index (κ2) is 7.69. The number of likely N-dealkylation sites (tertiary alicyclic amines) is 1. The van der Waals surface area contributed by atoms with Crippen LogP contribution in [0.3, 0.4) is 0 Å². The van der Waals surface area contributed by atoms with Gasteiger partial charge in [0.05, 0.1) is 6.54 Å². The van der Waals surface area contributed by atoms with Crippen LogP contribution in [0.4, 0.5) is 0 Å². The number of hydrogen-bond acceptors (Lipinski definition) is 3. The number of ether oxygens (including phenoxy) is 1. The van der Waals surface area contributed by atoms with Gasteiger partial charge >= 0.3 is 0 Å². The largest absolute Gasteiger partial charge is 0.488 e. The zero-order valence-electron chi connectivity index (χ0n) is 14.4. The van der Waals surface area contributed by atoms with Crippen molar-refractivity contribution in [1.29, 1.82) is 0 Å². The highest BCUT2D eigenvalue weighted by atomic mass is 16.5. The quantitative estimate of drug-likeness (QED) is 0.832. The zero-order valence-corrected chi connectivity index (χ0v) is 14.4. The van der Waals surface area contributed by atoms with E-state index in [-0.39, 0.29) is 17.9 Å². The molecular weight excluding hydrogens is 304 g/mol. The van der Waals surface area contributed by atoms with Gasteiger partial charge in [-0.3, -0.25) is 9.59 Å². The normalized spacial score (nSPS) is 20.3. The molecule has 5 heteroatoms. The van der Waals surface area contributed by atoms with Crippen molar-refractivity contribution < 1.29 is 14.3 Å². The predicted molar refractivity (Wildman–Crippen MR) is 91.9 cm³/mol. The van der Waals surface area contributed by atoms with Gasteiger partial charge in [0.25, 0.3) is 0 Å². The number of likely N-dealkylation sites (N-methyl/N-ethyl adjacent to an activating group) is 1. The lowest BCUT2D eigenvalue weighted by Crippen LogP contribution is -2.39. The van der Waals surface area contributed by atoms with Crippen LogP contribution in [0.1, 0.15) is 37.7 Å². The van der Waals surface area contributed by atoms with Gasteiger partial charge < -0.3 is 14.5 Å². The zero-order chi connectivity index (χ0) is 16.9. The monoisotopic (exact) mass is 330 g/mol. The van der Waals surface area contributed by atoms with Crippen LogP contribution >= 0.6 is 0 Å². The summed E-state index contributed by atoms with van der Waals surface area (Å²) in [4.78, 5) is 27.9. The van der Waals surface area contributed by atoms with Gasteiger partial charge in [-0.25, -0.2) is 0 Å². The Morgan fingerprint density at radius 3 is 2.96 bits per heavy atom. The smallest absolute Gasteiger partial charge is 0.224 e. The molecule has 2 aliphatic heterocycles. The van der Waals surface area contributed by atoms with Crippen LogP contribution in [0.25, 0.3) is 0 Å². The molecule has 1 aromatic rings. The molecule has 1 aromatic carbocycles. The van der Waals surface area contributed by atoms with Crippen LogP contribution in [0, 0.1) is 0 Å². The topological polar surface area (TPSA) is 49.9 Å². The third kappa shape index (κ3) is 4.08. The minimum atomic E-state index is 0.0242. The number of nitrogens with zero attached hydrogens (tertiary/aromatic N) is 2. The summed E-state index contributed by atoms with van der Waals surface area (Å²) in [6.45, 7) is 1.91. The summed E-state index contributed by atoms with van der Waals surface area (Å²) in [5.74, 6) is 1.20. The third-order valence-electron chi connectivity index (χ3n) is 4.88. The minimum Gasteiger partial charge on any atom is -0.488 e. The maximum absolute atomic E-state index is 12.4. The van der Waals surface area contributed by atoms with Gasteiger partial charge in [-0.2, -0.15) is 0 Å². The Hall–Kier alpha value is -2.04. The molecule has 130 valence electrons. The molecular formula is C19H26N2O3. The molecule has 1 unspecified atom stereocenters. The molecule has 0 spiro atoms. The molecule has 1 saturated heterocycles. The Morgan fingerprint density at radius 1 is 1.29 bits per heavy atom. The number of fused-ring (bicyclic) bond motifs is 1. The van der Waals surface area contributed by atoms with Crippen LogP contribution in [0.2, 0.25) is 0 Å². The summed E-state index contributed by atoms with van der Waals surface area (Å²) in [7, 11) is 1.82. The Kier molecular flexibility index (Phi) is 5.38. The van der Waals surface area contributed by atoms with E-state index in [1.165, 1.54) is 5.56 Å².